The molecule has 2 aliphatic carbocycles. The van der Waals surface area contributed by atoms with Crippen molar-refractivity contribution in [3.05, 3.63) is 42.2 Å². The zero-order valence-electron chi connectivity index (χ0n) is 17.5. The van der Waals surface area contributed by atoms with Gasteiger partial charge in [0, 0.05) is 57.6 Å². The second-order valence-electron chi connectivity index (χ2n) is 9.57. The number of carbonyl (C=O) groups excluding carboxylic acids is 1. The molecule has 5 heteroatoms. The largest absolute Gasteiger partial charge is 0.340 e. The Morgan fingerprint density at radius 2 is 1.69 bits per heavy atom. The second kappa shape index (κ2) is 8.57. The van der Waals surface area contributed by atoms with Crippen molar-refractivity contribution in [2.45, 2.75) is 32.2 Å². The number of nitrogens with zero attached hydrogens (tertiary/aromatic N) is 4. The number of hydrogen-bond donors (Lipinski definition) is 0. The van der Waals surface area contributed by atoms with Gasteiger partial charge in [0.15, 0.2) is 0 Å². The van der Waals surface area contributed by atoms with E-state index in [4.69, 9.17) is 0 Å². The minimum Gasteiger partial charge on any atom is -0.340 e. The second-order valence-corrected chi connectivity index (χ2v) is 9.57. The third kappa shape index (κ3) is 4.41. The first-order chi connectivity index (χ1) is 14.2. The topological polar surface area (TPSA) is 39.7 Å². The Bertz CT molecular complexity index is 720. The maximum Gasteiger partial charge on any atom is 0.225 e. The van der Waals surface area contributed by atoms with Crippen molar-refractivity contribution >= 4 is 5.91 Å². The van der Waals surface area contributed by atoms with Crippen molar-refractivity contribution < 1.29 is 4.79 Å². The summed E-state index contributed by atoms with van der Waals surface area (Å²) in [6.45, 7) is 8.22. The Labute approximate surface area is 174 Å². The zero-order chi connectivity index (χ0) is 19.6. The van der Waals surface area contributed by atoms with Crippen LogP contribution in [0.4, 0.5) is 0 Å². The summed E-state index contributed by atoms with van der Waals surface area (Å²) >= 11 is 0. The minimum atomic E-state index is 0.228. The molecule has 1 amide bonds. The number of amides is 1. The average molecular weight is 395 g/mol. The summed E-state index contributed by atoms with van der Waals surface area (Å²) in [5, 5.41) is 0. The zero-order valence-corrected chi connectivity index (χ0v) is 17.5. The number of piperidine rings is 1. The number of piperazine rings is 1. The standard InChI is InChI=1S/C24H34N4O/c29-24(21-5-9-26(10-6-21)17-19-3-7-25-8-4-19)28-13-11-27(12-14-28)18-23-16-20-1-2-22(23)15-20/h1-4,7-8,20-23H,5-6,9-18H2/t20-,22+,23?/m0/s1. The molecule has 0 aromatic carbocycles. The van der Waals surface area contributed by atoms with Gasteiger partial charge in [0.1, 0.15) is 0 Å². The average Bonchev–Trinajstić information content (AvgIpc) is 3.38. The Hall–Kier alpha value is -1.72. The van der Waals surface area contributed by atoms with Crippen molar-refractivity contribution in [1.82, 2.24) is 19.7 Å². The smallest absolute Gasteiger partial charge is 0.225 e. The highest BCUT2D eigenvalue weighted by molar-refractivity contribution is 5.79. The predicted octanol–water partition coefficient (Wildman–Crippen LogP) is 2.65. The number of likely N-dealkylation sites (tertiary alicyclic amines) is 1. The minimum absolute atomic E-state index is 0.228. The molecule has 1 aromatic rings. The van der Waals surface area contributed by atoms with Gasteiger partial charge in [-0.3, -0.25) is 19.6 Å². The molecule has 2 bridgehead atoms. The summed E-state index contributed by atoms with van der Waals surface area (Å²) in [6.07, 6.45) is 13.4. The van der Waals surface area contributed by atoms with Crippen molar-refractivity contribution in [3.63, 3.8) is 0 Å². The van der Waals surface area contributed by atoms with Gasteiger partial charge in [0.2, 0.25) is 5.91 Å². The Balaban J connectivity index is 1.04. The number of carbonyl (C=O) groups is 1. The number of aromatic nitrogens is 1. The fourth-order valence-electron chi connectivity index (χ4n) is 5.93. The molecule has 3 heterocycles. The molecule has 0 radical (unpaired) electrons. The van der Waals surface area contributed by atoms with Crippen molar-refractivity contribution in [3.8, 4) is 0 Å². The molecule has 5 rings (SSSR count). The van der Waals surface area contributed by atoms with Crippen LogP contribution in [0, 0.1) is 23.7 Å². The Morgan fingerprint density at radius 1 is 0.931 bits per heavy atom. The van der Waals surface area contributed by atoms with E-state index in [1.54, 1.807) is 0 Å². The SMILES string of the molecule is O=C(C1CCN(Cc2ccncc2)CC1)N1CCN(CC2C[C@H]3C=C[C@@H]2C3)CC1. The summed E-state index contributed by atoms with van der Waals surface area (Å²) in [6, 6.07) is 4.17. The molecule has 1 unspecified atom stereocenters. The third-order valence-corrected chi connectivity index (χ3v) is 7.69. The van der Waals surface area contributed by atoms with Gasteiger partial charge >= 0.3 is 0 Å². The van der Waals surface area contributed by atoms with Gasteiger partial charge in [0.25, 0.3) is 0 Å². The molecule has 5 nitrogen and oxygen atoms in total. The molecule has 1 aromatic heterocycles. The van der Waals surface area contributed by atoms with Gasteiger partial charge in [-0.25, -0.2) is 0 Å². The first-order valence-corrected chi connectivity index (χ1v) is 11.6. The predicted molar refractivity (Wildman–Crippen MR) is 114 cm³/mol. The molecule has 156 valence electrons. The first-order valence-electron chi connectivity index (χ1n) is 11.6. The van der Waals surface area contributed by atoms with Gasteiger partial charge in [-0.05, 0) is 74.2 Å². The molecule has 2 aliphatic heterocycles. The van der Waals surface area contributed by atoms with Gasteiger partial charge in [0.05, 0.1) is 0 Å². The van der Waals surface area contributed by atoms with E-state index in [-0.39, 0.29) is 5.92 Å². The summed E-state index contributed by atoms with van der Waals surface area (Å²) in [7, 11) is 0. The summed E-state index contributed by atoms with van der Waals surface area (Å²) in [5.74, 6) is 3.19. The molecule has 0 spiro atoms. The molecule has 2 saturated heterocycles. The van der Waals surface area contributed by atoms with E-state index in [9.17, 15) is 4.79 Å². The van der Waals surface area contributed by atoms with Crippen LogP contribution in [0.15, 0.2) is 36.7 Å². The first kappa shape index (κ1) is 19.3. The number of allylic oxidation sites excluding steroid dienone is 2. The summed E-state index contributed by atoms with van der Waals surface area (Å²) in [4.78, 5) is 24.4. The quantitative estimate of drug-likeness (QED) is 0.720. The van der Waals surface area contributed by atoms with Crippen LogP contribution >= 0.6 is 0 Å². The van der Waals surface area contributed by atoms with Crippen molar-refractivity contribution in [1.29, 1.82) is 0 Å². The lowest BCUT2D eigenvalue weighted by Crippen LogP contribution is -2.52. The van der Waals surface area contributed by atoms with Crippen LogP contribution in [-0.2, 0) is 11.3 Å². The molecule has 3 fully saturated rings. The molecule has 3 atom stereocenters. The summed E-state index contributed by atoms with van der Waals surface area (Å²) in [5.41, 5.74) is 1.31. The third-order valence-electron chi connectivity index (χ3n) is 7.69. The highest BCUT2D eigenvalue weighted by atomic mass is 16.2. The normalized spacial score (nSPS) is 30.9. The van der Waals surface area contributed by atoms with Crippen molar-refractivity contribution in [2.75, 3.05) is 45.8 Å². The van der Waals surface area contributed by atoms with E-state index in [0.29, 0.717) is 5.91 Å². The van der Waals surface area contributed by atoms with E-state index < -0.39 is 0 Å². The van der Waals surface area contributed by atoms with Crippen molar-refractivity contribution in [2.24, 2.45) is 23.7 Å². The Morgan fingerprint density at radius 3 is 2.34 bits per heavy atom. The lowest BCUT2D eigenvalue weighted by molar-refractivity contribution is -0.139. The fourth-order valence-corrected chi connectivity index (χ4v) is 5.93. The van der Waals surface area contributed by atoms with Crippen LogP contribution in [0.25, 0.3) is 0 Å². The molecule has 4 aliphatic rings. The molecule has 1 saturated carbocycles. The van der Waals surface area contributed by atoms with Gasteiger partial charge < -0.3 is 4.90 Å². The Kier molecular flexibility index (Phi) is 5.69. The van der Waals surface area contributed by atoms with Crippen LogP contribution in [-0.4, -0.2) is 71.4 Å². The number of rotatable bonds is 5. The fraction of sp³-hybridized carbons (Fsp3) is 0.667. The van der Waals surface area contributed by atoms with E-state index in [1.807, 2.05) is 12.4 Å². The molecular formula is C24H34N4O. The number of hydrogen-bond acceptors (Lipinski definition) is 4. The van der Waals surface area contributed by atoms with Gasteiger partial charge in [-0.15, -0.1) is 0 Å². The van der Waals surface area contributed by atoms with Crippen LogP contribution in [0.2, 0.25) is 0 Å². The van der Waals surface area contributed by atoms with E-state index >= 15 is 0 Å². The van der Waals surface area contributed by atoms with E-state index in [1.165, 1.54) is 24.9 Å². The lowest BCUT2D eigenvalue weighted by atomic mass is 9.92. The number of pyridine rings is 1. The van der Waals surface area contributed by atoms with Gasteiger partial charge in [-0.2, -0.15) is 0 Å². The van der Waals surface area contributed by atoms with E-state index in [2.05, 4.69) is 44.0 Å². The molecule has 29 heavy (non-hydrogen) atoms. The highest BCUT2D eigenvalue weighted by Gasteiger charge is 2.37. The van der Waals surface area contributed by atoms with Crippen LogP contribution in [0.3, 0.4) is 0 Å². The maximum absolute atomic E-state index is 13.0. The maximum atomic E-state index is 13.0. The summed E-state index contributed by atoms with van der Waals surface area (Å²) < 4.78 is 0. The van der Waals surface area contributed by atoms with Crippen LogP contribution < -0.4 is 0 Å². The van der Waals surface area contributed by atoms with Gasteiger partial charge in [-0.1, -0.05) is 12.2 Å². The van der Waals surface area contributed by atoms with E-state index in [0.717, 1.165) is 76.4 Å². The number of fused-ring (bicyclic) bond motifs is 2. The highest BCUT2D eigenvalue weighted by Crippen LogP contribution is 2.43. The van der Waals surface area contributed by atoms with Crippen LogP contribution in [0.1, 0.15) is 31.2 Å². The monoisotopic (exact) mass is 394 g/mol. The molecular weight excluding hydrogens is 360 g/mol. The molecule has 0 N–H and O–H groups in total. The van der Waals surface area contributed by atoms with Crippen LogP contribution in [0.5, 0.6) is 0 Å². The lowest BCUT2D eigenvalue weighted by Gasteiger charge is -2.39.